The third-order valence-corrected chi connectivity index (χ3v) is 5.84. The van der Waals surface area contributed by atoms with Crippen LogP contribution < -0.4 is 5.32 Å². The maximum absolute atomic E-state index is 12.7. The van der Waals surface area contributed by atoms with Crippen LogP contribution in [0.1, 0.15) is 24.8 Å². The quantitative estimate of drug-likeness (QED) is 0.702. The van der Waals surface area contributed by atoms with Gasteiger partial charge in [-0.05, 0) is 30.2 Å². The van der Waals surface area contributed by atoms with Crippen molar-refractivity contribution < 1.29 is 27.6 Å². The predicted octanol–water partition coefficient (Wildman–Crippen LogP) is 2.15. The zero-order valence-corrected chi connectivity index (χ0v) is 16.5. The third-order valence-electron chi connectivity index (χ3n) is 5.11. The Morgan fingerprint density at radius 3 is 2.41 bits per heavy atom. The number of hydrogen-bond donors (Lipinski definition) is 1. The molecule has 3 rings (SSSR count). The van der Waals surface area contributed by atoms with Crippen LogP contribution in [0.25, 0.3) is 0 Å². The average Bonchev–Trinajstić information content (AvgIpc) is 2.96. The second-order valence-electron chi connectivity index (χ2n) is 7.14. The summed E-state index contributed by atoms with van der Waals surface area (Å²) in [5, 5.41) is 2.62. The van der Waals surface area contributed by atoms with E-state index in [1.54, 1.807) is 0 Å². The van der Waals surface area contributed by atoms with Crippen LogP contribution in [0.2, 0.25) is 0 Å². The summed E-state index contributed by atoms with van der Waals surface area (Å²) in [4.78, 5) is 39.9. The number of hydrogen-bond acceptors (Lipinski definition) is 5. The molecular weight excluding hydrogens is 407 g/mol. The lowest BCUT2D eigenvalue weighted by atomic mass is 10.0. The minimum absolute atomic E-state index is 0.130. The first kappa shape index (κ1) is 21.6. The van der Waals surface area contributed by atoms with Crippen LogP contribution in [-0.2, 0) is 20.9 Å². The minimum atomic E-state index is -4.43. The zero-order valence-electron chi connectivity index (χ0n) is 15.7. The molecule has 1 atom stereocenters. The Morgan fingerprint density at radius 2 is 1.79 bits per heavy atom. The lowest BCUT2D eigenvalue weighted by Crippen LogP contribution is -2.50. The van der Waals surface area contributed by atoms with Crippen molar-refractivity contribution in [2.45, 2.75) is 43.4 Å². The van der Waals surface area contributed by atoms with Gasteiger partial charge in [-0.25, -0.2) is 0 Å². The number of rotatable bonds is 6. The van der Waals surface area contributed by atoms with E-state index in [0.717, 1.165) is 5.56 Å². The number of carbonyl (C=O) groups is 3. The van der Waals surface area contributed by atoms with E-state index >= 15 is 0 Å². The van der Waals surface area contributed by atoms with Gasteiger partial charge in [-0.1, -0.05) is 30.3 Å². The van der Waals surface area contributed by atoms with Crippen molar-refractivity contribution in [3.05, 3.63) is 35.9 Å². The molecule has 0 aromatic heterocycles. The highest BCUT2D eigenvalue weighted by Crippen LogP contribution is 2.30. The topological polar surface area (TPSA) is 69.7 Å². The molecule has 0 aliphatic carbocycles. The number of nitrogens with zero attached hydrogens (tertiary/aromatic N) is 2. The second kappa shape index (κ2) is 9.17. The molecule has 2 saturated heterocycles. The van der Waals surface area contributed by atoms with Crippen LogP contribution in [-0.4, -0.2) is 64.0 Å². The van der Waals surface area contributed by atoms with Crippen molar-refractivity contribution in [3.8, 4) is 0 Å². The maximum atomic E-state index is 12.7. The largest absolute Gasteiger partial charge is 0.442 e. The lowest BCUT2D eigenvalue weighted by Gasteiger charge is -2.35. The maximum Gasteiger partial charge on any atom is 0.442 e. The summed E-state index contributed by atoms with van der Waals surface area (Å²) in [5.41, 5.74) is -3.55. The Kier molecular flexibility index (Phi) is 6.84. The molecule has 2 aliphatic rings. The number of thioether (sulfide) groups is 1. The van der Waals surface area contributed by atoms with E-state index < -0.39 is 23.2 Å². The first-order chi connectivity index (χ1) is 13.7. The molecule has 29 heavy (non-hydrogen) atoms. The number of alkyl halides is 3. The van der Waals surface area contributed by atoms with Gasteiger partial charge in [-0.2, -0.15) is 13.2 Å². The number of piperidine rings is 1. The molecule has 0 saturated carbocycles. The first-order valence-corrected chi connectivity index (χ1v) is 10.3. The summed E-state index contributed by atoms with van der Waals surface area (Å²) in [6.45, 7) is 1.25. The number of nitrogens with one attached hydrogen (secondary N) is 1. The molecule has 0 spiro atoms. The van der Waals surface area contributed by atoms with Gasteiger partial charge in [0.05, 0.1) is 24.8 Å². The predicted molar refractivity (Wildman–Crippen MR) is 102 cm³/mol. The normalized spacial score (nSPS) is 21.6. The fourth-order valence-corrected chi connectivity index (χ4v) is 4.03. The Labute approximate surface area is 170 Å². The summed E-state index contributed by atoms with van der Waals surface area (Å²) < 4.78 is 36.5. The van der Waals surface area contributed by atoms with E-state index in [9.17, 15) is 27.6 Å². The number of likely N-dealkylation sites (tertiary alicyclic amines) is 2. The highest BCUT2D eigenvalue weighted by atomic mass is 32.2. The highest BCUT2D eigenvalue weighted by Gasteiger charge is 2.42. The van der Waals surface area contributed by atoms with Gasteiger partial charge in [0, 0.05) is 19.1 Å². The van der Waals surface area contributed by atoms with Crippen molar-refractivity contribution in [2.75, 3.05) is 18.8 Å². The van der Waals surface area contributed by atoms with Gasteiger partial charge >= 0.3 is 5.51 Å². The number of halogens is 3. The zero-order chi connectivity index (χ0) is 21.0. The van der Waals surface area contributed by atoms with Gasteiger partial charge in [0.2, 0.25) is 17.7 Å². The van der Waals surface area contributed by atoms with Crippen molar-refractivity contribution in [3.63, 3.8) is 0 Å². The smallest absolute Gasteiger partial charge is 0.353 e. The van der Waals surface area contributed by atoms with E-state index in [4.69, 9.17) is 0 Å². The Balaban J connectivity index is 1.47. The SMILES string of the molecule is O=C(CSC(F)(F)F)NC1CCN(C2CC(=O)N(Cc3ccccc3)C2=O)CC1. The minimum Gasteiger partial charge on any atom is -0.353 e. The number of benzene rings is 1. The van der Waals surface area contributed by atoms with E-state index in [1.807, 2.05) is 35.2 Å². The molecule has 1 unspecified atom stereocenters. The summed E-state index contributed by atoms with van der Waals surface area (Å²) in [7, 11) is 0. The monoisotopic (exact) mass is 429 g/mol. The molecule has 1 aromatic rings. The molecule has 1 N–H and O–H groups in total. The molecule has 0 radical (unpaired) electrons. The van der Waals surface area contributed by atoms with Crippen LogP contribution in [0.5, 0.6) is 0 Å². The van der Waals surface area contributed by atoms with Crippen molar-refractivity contribution in [2.24, 2.45) is 0 Å². The molecule has 10 heteroatoms. The molecule has 0 bridgehead atoms. The highest BCUT2D eigenvalue weighted by molar-refractivity contribution is 8.00. The van der Waals surface area contributed by atoms with E-state index in [0.29, 0.717) is 25.9 Å². The molecule has 3 amide bonds. The molecule has 2 aliphatic heterocycles. The molecule has 158 valence electrons. The lowest BCUT2D eigenvalue weighted by molar-refractivity contribution is -0.140. The van der Waals surface area contributed by atoms with Gasteiger partial charge < -0.3 is 5.32 Å². The van der Waals surface area contributed by atoms with Gasteiger partial charge in [-0.15, -0.1) is 0 Å². The van der Waals surface area contributed by atoms with Crippen LogP contribution in [0, 0.1) is 0 Å². The molecule has 6 nitrogen and oxygen atoms in total. The van der Waals surface area contributed by atoms with Crippen LogP contribution in [0.4, 0.5) is 13.2 Å². The van der Waals surface area contributed by atoms with Crippen molar-refractivity contribution >= 4 is 29.5 Å². The van der Waals surface area contributed by atoms with Gasteiger partial charge in [0.15, 0.2) is 0 Å². The number of imide groups is 1. The van der Waals surface area contributed by atoms with Crippen LogP contribution >= 0.6 is 11.8 Å². The molecule has 2 fully saturated rings. The van der Waals surface area contributed by atoms with Gasteiger partial charge in [0.25, 0.3) is 0 Å². The first-order valence-electron chi connectivity index (χ1n) is 9.35. The molecular formula is C19H22F3N3O3S. The molecule has 1 aromatic carbocycles. The Morgan fingerprint density at radius 1 is 1.14 bits per heavy atom. The number of amides is 3. The van der Waals surface area contributed by atoms with Crippen LogP contribution in [0.15, 0.2) is 30.3 Å². The second-order valence-corrected chi connectivity index (χ2v) is 8.18. The van der Waals surface area contributed by atoms with E-state index in [2.05, 4.69) is 5.32 Å². The van der Waals surface area contributed by atoms with Crippen LogP contribution in [0.3, 0.4) is 0 Å². The van der Waals surface area contributed by atoms with Crippen molar-refractivity contribution in [1.82, 2.24) is 15.1 Å². The summed E-state index contributed by atoms with van der Waals surface area (Å²) in [6, 6.07) is 8.56. The Bertz CT molecular complexity index is 752. The summed E-state index contributed by atoms with van der Waals surface area (Å²) in [6.07, 6.45) is 1.18. The van der Waals surface area contributed by atoms with E-state index in [-0.39, 0.29) is 42.6 Å². The third kappa shape index (κ3) is 5.96. The van der Waals surface area contributed by atoms with Gasteiger partial charge in [-0.3, -0.25) is 24.2 Å². The van der Waals surface area contributed by atoms with E-state index in [1.165, 1.54) is 4.90 Å². The van der Waals surface area contributed by atoms with Gasteiger partial charge in [0.1, 0.15) is 0 Å². The fraction of sp³-hybridized carbons (Fsp3) is 0.526. The molecule has 2 heterocycles. The average molecular weight is 429 g/mol. The summed E-state index contributed by atoms with van der Waals surface area (Å²) >= 11 is -0.358. The Hall–Kier alpha value is -2.07. The number of carbonyl (C=O) groups excluding carboxylic acids is 3. The summed E-state index contributed by atoms with van der Waals surface area (Å²) in [5.74, 6) is -1.73. The van der Waals surface area contributed by atoms with Crippen molar-refractivity contribution in [1.29, 1.82) is 0 Å². The fourth-order valence-electron chi connectivity index (χ4n) is 3.66. The standard InChI is InChI=1S/C19H22F3N3O3S/c20-19(21,22)29-12-16(26)23-14-6-8-24(9-7-14)15-10-17(27)25(18(15)28)11-13-4-2-1-3-5-13/h1-5,14-15H,6-12H2,(H,23,26).